The largest absolute Gasteiger partial charge is 0.389 e. The summed E-state index contributed by atoms with van der Waals surface area (Å²) in [7, 11) is 0. The summed E-state index contributed by atoms with van der Waals surface area (Å²) in [6.07, 6.45) is 9.00. The molecule has 0 amide bonds. The Bertz CT molecular complexity index is 431. The number of hydrogen-bond donors (Lipinski definition) is 1. The van der Waals surface area contributed by atoms with Gasteiger partial charge in [-0.3, -0.25) is 0 Å². The molecule has 0 bridgehead atoms. The molecular weight excluding hydrogens is 256 g/mol. The maximum absolute atomic E-state index is 10.5. The second kappa shape index (κ2) is 5.91. The highest BCUT2D eigenvalue weighted by Crippen LogP contribution is 2.61. The molecule has 0 aromatic heterocycles. The van der Waals surface area contributed by atoms with Gasteiger partial charge in [0.05, 0.1) is 6.10 Å². The molecule has 1 N–H and O–H groups in total. The van der Waals surface area contributed by atoms with Crippen molar-refractivity contribution in [1.82, 2.24) is 0 Å². The summed E-state index contributed by atoms with van der Waals surface area (Å²) in [5, 5.41) is 10.5. The Labute approximate surface area is 131 Å². The average molecular weight is 290 g/mol. The Hall–Kier alpha value is -0.560. The van der Waals surface area contributed by atoms with E-state index in [0.717, 1.165) is 24.3 Å². The Morgan fingerprint density at radius 3 is 2.67 bits per heavy atom. The van der Waals surface area contributed by atoms with E-state index < -0.39 is 0 Å². The normalized spacial score (nSPS) is 38.0. The van der Waals surface area contributed by atoms with Crippen molar-refractivity contribution in [3.63, 3.8) is 0 Å². The second-order valence-electron chi connectivity index (χ2n) is 8.43. The van der Waals surface area contributed by atoms with Crippen LogP contribution in [-0.4, -0.2) is 11.2 Å². The van der Waals surface area contributed by atoms with Gasteiger partial charge in [-0.2, -0.15) is 0 Å². The third-order valence-electron chi connectivity index (χ3n) is 6.76. The van der Waals surface area contributed by atoms with Gasteiger partial charge in [-0.15, -0.1) is 0 Å². The second-order valence-corrected chi connectivity index (χ2v) is 8.43. The molecule has 1 nitrogen and oxygen atoms in total. The van der Waals surface area contributed by atoms with Crippen LogP contribution in [0.2, 0.25) is 0 Å². The molecule has 2 saturated carbocycles. The van der Waals surface area contributed by atoms with Crippen molar-refractivity contribution in [3.8, 4) is 0 Å². The number of rotatable bonds is 3. The lowest BCUT2D eigenvalue weighted by molar-refractivity contribution is -0.0612. The van der Waals surface area contributed by atoms with Gasteiger partial charge in [-0.25, -0.2) is 0 Å². The third kappa shape index (κ3) is 2.99. The van der Waals surface area contributed by atoms with Crippen LogP contribution in [0.3, 0.4) is 0 Å². The minimum absolute atomic E-state index is 0.308. The molecule has 0 unspecified atom stereocenters. The Morgan fingerprint density at radius 2 is 2.05 bits per heavy atom. The van der Waals surface area contributed by atoms with Crippen molar-refractivity contribution < 1.29 is 5.11 Å². The van der Waals surface area contributed by atoms with Crippen LogP contribution in [-0.2, 0) is 0 Å². The maximum atomic E-state index is 10.5. The number of allylic oxidation sites excluding steroid dienone is 2. The van der Waals surface area contributed by atoms with Crippen LogP contribution in [0.1, 0.15) is 73.1 Å². The molecule has 2 fully saturated rings. The Kier molecular flexibility index (Phi) is 4.73. The molecule has 120 valence electrons. The van der Waals surface area contributed by atoms with Crippen LogP contribution in [0.15, 0.2) is 23.8 Å². The molecule has 0 aromatic rings. The highest BCUT2D eigenvalue weighted by Gasteiger charge is 2.52. The SMILES string of the molecule is C=C1CC[C@H]2C(C)(C)CCC[C@]2(C)[C@H]1C[C@@H](O)/C(C)=C\C. The number of aliphatic hydroxyl groups is 1. The maximum Gasteiger partial charge on any atom is 0.0753 e. The molecule has 4 atom stereocenters. The predicted octanol–water partition coefficient (Wildman–Crippen LogP) is 5.50. The van der Waals surface area contributed by atoms with Gasteiger partial charge in [-0.05, 0) is 74.2 Å². The molecule has 0 saturated heterocycles. The predicted molar refractivity (Wildman–Crippen MR) is 91.1 cm³/mol. The van der Waals surface area contributed by atoms with Gasteiger partial charge in [0.2, 0.25) is 0 Å². The average Bonchev–Trinajstić information content (AvgIpc) is 2.40. The van der Waals surface area contributed by atoms with Crippen molar-refractivity contribution in [2.45, 2.75) is 79.2 Å². The third-order valence-corrected chi connectivity index (χ3v) is 6.76. The topological polar surface area (TPSA) is 20.2 Å². The first kappa shape index (κ1) is 16.8. The van der Waals surface area contributed by atoms with Gasteiger partial charge in [0.15, 0.2) is 0 Å². The van der Waals surface area contributed by atoms with Gasteiger partial charge in [0, 0.05) is 0 Å². The molecule has 0 spiro atoms. The number of aliphatic hydroxyl groups excluding tert-OH is 1. The van der Waals surface area contributed by atoms with E-state index in [1.54, 1.807) is 0 Å². The molecular formula is C20H34O. The van der Waals surface area contributed by atoms with Gasteiger partial charge >= 0.3 is 0 Å². The fourth-order valence-corrected chi connectivity index (χ4v) is 5.31. The first-order valence-corrected chi connectivity index (χ1v) is 8.71. The first-order chi connectivity index (χ1) is 9.72. The van der Waals surface area contributed by atoms with Gasteiger partial charge in [0.25, 0.3) is 0 Å². The minimum Gasteiger partial charge on any atom is -0.389 e. The van der Waals surface area contributed by atoms with Crippen molar-refractivity contribution in [2.75, 3.05) is 0 Å². The van der Waals surface area contributed by atoms with Crippen molar-refractivity contribution in [1.29, 1.82) is 0 Å². The molecule has 0 heterocycles. The summed E-state index contributed by atoms with van der Waals surface area (Å²) in [6, 6.07) is 0. The molecule has 0 aliphatic heterocycles. The smallest absolute Gasteiger partial charge is 0.0753 e. The quantitative estimate of drug-likeness (QED) is 0.680. The lowest BCUT2D eigenvalue weighted by atomic mass is 9.47. The minimum atomic E-state index is -0.308. The van der Waals surface area contributed by atoms with E-state index in [9.17, 15) is 5.11 Å². The zero-order valence-electron chi connectivity index (χ0n) is 14.7. The highest BCUT2D eigenvalue weighted by atomic mass is 16.3. The molecule has 2 aliphatic carbocycles. The van der Waals surface area contributed by atoms with Crippen molar-refractivity contribution in [2.24, 2.45) is 22.7 Å². The molecule has 0 aromatic carbocycles. The van der Waals surface area contributed by atoms with E-state index in [0.29, 0.717) is 16.7 Å². The van der Waals surface area contributed by atoms with Crippen LogP contribution in [0, 0.1) is 22.7 Å². The summed E-state index contributed by atoms with van der Waals surface area (Å²) in [6.45, 7) is 15.8. The van der Waals surface area contributed by atoms with Crippen LogP contribution in [0.25, 0.3) is 0 Å². The van der Waals surface area contributed by atoms with E-state index in [1.165, 1.54) is 31.3 Å². The Balaban J connectivity index is 2.27. The van der Waals surface area contributed by atoms with E-state index in [4.69, 9.17) is 0 Å². The summed E-state index contributed by atoms with van der Waals surface area (Å²) in [5.41, 5.74) is 3.25. The molecule has 1 heteroatoms. The lowest BCUT2D eigenvalue weighted by Gasteiger charge is -2.58. The molecule has 2 rings (SSSR count). The van der Waals surface area contributed by atoms with Crippen molar-refractivity contribution in [3.05, 3.63) is 23.8 Å². The van der Waals surface area contributed by atoms with Crippen LogP contribution < -0.4 is 0 Å². The van der Waals surface area contributed by atoms with Crippen molar-refractivity contribution >= 4 is 0 Å². The van der Waals surface area contributed by atoms with E-state index in [2.05, 4.69) is 27.4 Å². The lowest BCUT2D eigenvalue weighted by Crippen LogP contribution is -2.50. The summed E-state index contributed by atoms with van der Waals surface area (Å²) in [4.78, 5) is 0. The van der Waals surface area contributed by atoms with Gasteiger partial charge in [0.1, 0.15) is 0 Å². The van der Waals surface area contributed by atoms with Crippen LogP contribution in [0.5, 0.6) is 0 Å². The van der Waals surface area contributed by atoms with E-state index in [1.807, 2.05) is 19.9 Å². The summed E-state index contributed by atoms with van der Waals surface area (Å²) >= 11 is 0. The first-order valence-electron chi connectivity index (χ1n) is 8.71. The zero-order valence-corrected chi connectivity index (χ0v) is 14.7. The standard InChI is InChI=1S/C20H34O/c1-7-14(2)17(21)13-16-15(3)9-10-18-19(4,5)11-8-12-20(16,18)6/h7,16-18,21H,3,8-13H2,1-2,4-6H3/b14-7-/t16-,17+,18-,20+/m0/s1. The molecule has 2 aliphatic rings. The van der Waals surface area contributed by atoms with E-state index in [-0.39, 0.29) is 6.10 Å². The summed E-state index contributed by atoms with van der Waals surface area (Å²) in [5.74, 6) is 1.24. The monoisotopic (exact) mass is 290 g/mol. The fourth-order valence-electron chi connectivity index (χ4n) is 5.31. The molecule has 0 radical (unpaired) electrons. The van der Waals surface area contributed by atoms with Crippen LogP contribution in [0.4, 0.5) is 0 Å². The summed E-state index contributed by atoms with van der Waals surface area (Å²) < 4.78 is 0. The van der Waals surface area contributed by atoms with Gasteiger partial charge < -0.3 is 5.11 Å². The highest BCUT2D eigenvalue weighted by molar-refractivity contribution is 5.18. The van der Waals surface area contributed by atoms with E-state index >= 15 is 0 Å². The Morgan fingerprint density at radius 1 is 1.38 bits per heavy atom. The van der Waals surface area contributed by atoms with Crippen LogP contribution >= 0.6 is 0 Å². The number of hydrogen-bond acceptors (Lipinski definition) is 1. The molecule has 21 heavy (non-hydrogen) atoms. The fraction of sp³-hybridized carbons (Fsp3) is 0.800. The number of fused-ring (bicyclic) bond motifs is 1. The van der Waals surface area contributed by atoms with Gasteiger partial charge in [-0.1, -0.05) is 45.4 Å². The zero-order chi connectivity index (χ0) is 15.8.